The molecule has 1 atom stereocenters. The van der Waals surface area contributed by atoms with Crippen molar-refractivity contribution < 1.29 is 0 Å². The number of hydrogen-bond donors (Lipinski definition) is 1. The largest absolute Gasteiger partial charge is 0.396 e. The first kappa shape index (κ1) is 10.8. The molecule has 2 rings (SSSR count). The second kappa shape index (κ2) is 4.41. The molecule has 0 aliphatic rings. The lowest BCUT2D eigenvalue weighted by Gasteiger charge is -2.10. The minimum Gasteiger partial charge on any atom is -0.396 e. The SMILES string of the molecule is CCC(C)Sc1ccc2scnc2c1N. The molecular formula is C11H14N2S2. The van der Waals surface area contributed by atoms with Gasteiger partial charge in [0, 0.05) is 10.1 Å². The number of anilines is 1. The van der Waals surface area contributed by atoms with Crippen LogP contribution in [-0.2, 0) is 0 Å². The third-order valence-corrected chi connectivity index (χ3v) is 4.54. The Kier molecular flexibility index (Phi) is 3.17. The quantitative estimate of drug-likeness (QED) is 0.653. The van der Waals surface area contributed by atoms with Crippen molar-refractivity contribution in [3.8, 4) is 0 Å². The van der Waals surface area contributed by atoms with E-state index in [1.165, 1.54) is 4.70 Å². The number of fused-ring (bicyclic) bond motifs is 1. The Balaban J connectivity index is 2.39. The highest BCUT2D eigenvalue weighted by Gasteiger charge is 2.09. The van der Waals surface area contributed by atoms with Crippen LogP contribution in [-0.4, -0.2) is 10.2 Å². The molecule has 0 radical (unpaired) electrons. The van der Waals surface area contributed by atoms with Gasteiger partial charge < -0.3 is 5.73 Å². The summed E-state index contributed by atoms with van der Waals surface area (Å²) in [6.45, 7) is 4.41. The number of thiazole rings is 1. The van der Waals surface area contributed by atoms with Gasteiger partial charge in [0.2, 0.25) is 0 Å². The van der Waals surface area contributed by atoms with E-state index in [-0.39, 0.29) is 0 Å². The van der Waals surface area contributed by atoms with Crippen LogP contribution in [0.2, 0.25) is 0 Å². The molecule has 1 aromatic carbocycles. The molecule has 2 N–H and O–H groups in total. The maximum Gasteiger partial charge on any atom is 0.105 e. The van der Waals surface area contributed by atoms with E-state index in [4.69, 9.17) is 5.73 Å². The van der Waals surface area contributed by atoms with Gasteiger partial charge in [-0.25, -0.2) is 4.98 Å². The zero-order chi connectivity index (χ0) is 10.8. The number of nitrogens with zero attached hydrogens (tertiary/aromatic N) is 1. The summed E-state index contributed by atoms with van der Waals surface area (Å²) in [5.74, 6) is 0. The van der Waals surface area contributed by atoms with Crippen LogP contribution in [0.5, 0.6) is 0 Å². The Morgan fingerprint density at radius 2 is 2.33 bits per heavy atom. The molecule has 0 bridgehead atoms. The average molecular weight is 238 g/mol. The molecular weight excluding hydrogens is 224 g/mol. The summed E-state index contributed by atoms with van der Waals surface area (Å²) in [6, 6.07) is 4.21. The minimum atomic E-state index is 0.600. The fourth-order valence-corrected chi connectivity index (χ4v) is 3.00. The summed E-state index contributed by atoms with van der Waals surface area (Å²) in [7, 11) is 0. The normalized spacial score (nSPS) is 13.2. The van der Waals surface area contributed by atoms with Crippen LogP contribution in [0.1, 0.15) is 20.3 Å². The molecule has 0 saturated carbocycles. The van der Waals surface area contributed by atoms with Crippen molar-refractivity contribution in [2.75, 3.05) is 5.73 Å². The molecule has 2 nitrogen and oxygen atoms in total. The number of hydrogen-bond acceptors (Lipinski definition) is 4. The lowest BCUT2D eigenvalue weighted by molar-refractivity contribution is 0.906. The van der Waals surface area contributed by atoms with Crippen LogP contribution in [0.15, 0.2) is 22.5 Å². The monoisotopic (exact) mass is 238 g/mol. The van der Waals surface area contributed by atoms with E-state index in [2.05, 4.69) is 31.0 Å². The Morgan fingerprint density at radius 3 is 3.07 bits per heavy atom. The van der Waals surface area contributed by atoms with Gasteiger partial charge in [-0.05, 0) is 18.6 Å². The lowest BCUT2D eigenvalue weighted by Crippen LogP contribution is -1.96. The highest BCUT2D eigenvalue weighted by Crippen LogP contribution is 2.35. The van der Waals surface area contributed by atoms with Crippen molar-refractivity contribution in [3.05, 3.63) is 17.6 Å². The van der Waals surface area contributed by atoms with Gasteiger partial charge >= 0.3 is 0 Å². The van der Waals surface area contributed by atoms with Crippen LogP contribution < -0.4 is 5.73 Å². The van der Waals surface area contributed by atoms with Crippen LogP contribution in [0.3, 0.4) is 0 Å². The van der Waals surface area contributed by atoms with Gasteiger partial charge in [0.1, 0.15) is 5.52 Å². The molecule has 0 aliphatic carbocycles. The smallest absolute Gasteiger partial charge is 0.105 e. The zero-order valence-corrected chi connectivity index (χ0v) is 10.5. The first-order valence-corrected chi connectivity index (χ1v) is 6.76. The molecule has 1 unspecified atom stereocenters. The predicted octanol–water partition coefficient (Wildman–Crippen LogP) is 3.77. The van der Waals surface area contributed by atoms with Crippen molar-refractivity contribution >= 4 is 39.0 Å². The van der Waals surface area contributed by atoms with E-state index < -0.39 is 0 Å². The van der Waals surface area contributed by atoms with Crippen molar-refractivity contribution in [2.45, 2.75) is 30.4 Å². The number of nitrogen functional groups attached to an aromatic ring is 1. The van der Waals surface area contributed by atoms with Gasteiger partial charge in [-0.15, -0.1) is 23.1 Å². The van der Waals surface area contributed by atoms with Crippen molar-refractivity contribution in [1.29, 1.82) is 0 Å². The number of nitrogens with two attached hydrogens (primary N) is 1. The highest BCUT2D eigenvalue weighted by atomic mass is 32.2. The molecule has 0 spiro atoms. The zero-order valence-electron chi connectivity index (χ0n) is 8.86. The lowest BCUT2D eigenvalue weighted by atomic mass is 10.3. The molecule has 1 aromatic heterocycles. The molecule has 80 valence electrons. The summed E-state index contributed by atoms with van der Waals surface area (Å²) < 4.78 is 1.17. The van der Waals surface area contributed by atoms with Crippen molar-refractivity contribution in [2.24, 2.45) is 0 Å². The number of benzene rings is 1. The Bertz CT molecular complexity index is 465. The van der Waals surface area contributed by atoms with E-state index in [1.54, 1.807) is 11.3 Å². The third kappa shape index (κ3) is 2.11. The van der Waals surface area contributed by atoms with Crippen LogP contribution in [0.4, 0.5) is 5.69 Å². The molecule has 0 saturated heterocycles. The summed E-state index contributed by atoms with van der Waals surface area (Å²) in [6.07, 6.45) is 1.15. The van der Waals surface area contributed by atoms with E-state index in [0.717, 1.165) is 22.5 Å². The highest BCUT2D eigenvalue weighted by molar-refractivity contribution is 8.00. The molecule has 4 heteroatoms. The first-order valence-electron chi connectivity index (χ1n) is 5.00. The summed E-state index contributed by atoms with van der Waals surface area (Å²) in [4.78, 5) is 5.45. The maximum atomic E-state index is 6.09. The van der Waals surface area contributed by atoms with E-state index in [0.29, 0.717) is 5.25 Å². The van der Waals surface area contributed by atoms with E-state index in [1.807, 2.05) is 17.3 Å². The van der Waals surface area contributed by atoms with Gasteiger partial charge in [-0.1, -0.05) is 13.8 Å². The Hall–Kier alpha value is -0.740. The number of aromatic nitrogens is 1. The van der Waals surface area contributed by atoms with Crippen LogP contribution in [0, 0.1) is 0 Å². The number of thioether (sulfide) groups is 1. The van der Waals surface area contributed by atoms with E-state index in [9.17, 15) is 0 Å². The van der Waals surface area contributed by atoms with Gasteiger partial charge in [0.25, 0.3) is 0 Å². The van der Waals surface area contributed by atoms with Gasteiger partial charge in [0.05, 0.1) is 15.9 Å². The Morgan fingerprint density at radius 1 is 1.53 bits per heavy atom. The predicted molar refractivity (Wildman–Crippen MR) is 69.6 cm³/mol. The summed E-state index contributed by atoms with van der Waals surface area (Å²) >= 11 is 3.46. The third-order valence-electron chi connectivity index (χ3n) is 2.40. The minimum absolute atomic E-state index is 0.600. The molecule has 2 aromatic rings. The molecule has 0 fully saturated rings. The molecule has 0 amide bonds. The van der Waals surface area contributed by atoms with Crippen LogP contribution in [0.25, 0.3) is 10.2 Å². The topological polar surface area (TPSA) is 38.9 Å². The Labute approximate surface area is 97.9 Å². The fraction of sp³-hybridized carbons (Fsp3) is 0.364. The van der Waals surface area contributed by atoms with Crippen LogP contribution >= 0.6 is 23.1 Å². The van der Waals surface area contributed by atoms with Gasteiger partial charge in [0.15, 0.2) is 0 Å². The van der Waals surface area contributed by atoms with Gasteiger partial charge in [-0.3, -0.25) is 0 Å². The standard InChI is InChI=1S/C11H14N2S2/c1-3-7(2)15-8-4-5-9-11(10(8)12)13-6-14-9/h4-7H,3,12H2,1-2H3. The van der Waals surface area contributed by atoms with E-state index >= 15 is 0 Å². The summed E-state index contributed by atoms with van der Waals surface area (Å²) in [5, 5.41) is 0.600. The van der Waals surface area contributed by atoms with Crippen molar-refractivity contribution in [3.63, 3.8) is 0 Å². The molecule has 0 aliphatic heterocycles. The van der Waals surface area contributed by atoms with Gasteiger partial charge in [-0.2, -0.15) is 0 Å². The average Bonchev–Trinajstić information content (AvgIpc) is 2.70. The first-order chi connectivity index (χ1) is 7.22. The summed E-state index contributed by atoms with van der Waals surface area (Å²) in [5.41, 5.74) is 9.72. The van der Waals surface area contributed by atoms with Crippen molar-refractivity contribution in [1.82, 2.24) is 4.98 Å². The molecule has 1 heterocycles. The number of rotatable bonds is 3. The maximum absolute atomic E-state index is 6.09. The fourth-order valence-electron chi connectivity index (χ4n) is 1.34. The second-order valence-corrected chi connectivity index (χ2v) is 5.88. The molecule has 15 heavy (non-hydrogen) atoms. The second-order valence-electron chi connectivity index (χ2n) is 3.51.